The van der Waals surface area contributed by atoms with Crippen LogP contribution < -0.4 is 0 Å². The average molecular weight is 296 g/mol. The van der Waals surface area contributed by atoms with Crippen LogP contribution in [0.15, 0.2) is 23.1 Å². The normalized spacial score (nSPS) is 18.3. The maximum Gasteiger partial charge on any atom is 0.282 e. The Morgan fingerprint density at radius 3 is 2.95 bits per heavy atom. The van der Waals surface area contributed by atoms with Crippen molar-refractivity contribution in [2.75, 3.05) is 19.4 Å². The van der Waals surface area contributed by atoms with Crippen molar-refractivity contribution >= 4 is 23.4 Å². The Balaban J connectivity index is 2.39. The second-order valence-electron chi connectivity index (χ2n) is 4.62. The molecule has 1 aromatic carbocycles. The lowest BCUT2D eigenvalue weighted by Gasteiger charge is -2.23. The van der Waals surface area contributed by atoms with Gasteiger partial charge in [0.1, 0.15) is 5.56 Å². The zero-order valence-electron chi connectivity index (χ0n) is 11.1. The Labute approximate surface area is 120 Å². The van der Waals surface area contributed by atoms with Crippen LogP contribution in [0.25, 0.3) is 0 Å². The molecule has 1 heterocycles. The molecule has 1 saturated heterocycles. The Hall–Kier alpha value is -1.60. The highest BCUT2D eigenvalue weighted by molar-refractivity contribution is 7.98. The summed E-state index contributed by atoms with van der Waals surface area (Å²) in [6.45, 7) is 0.423. The maximum atomic E-state index is 12.5. The largest absolute Gasteiger partial charge is 0.394 e. The fourth-order valence-electron chi connectivity index (χ4n) is 2.42. The molecule has 0 bridgehead atoms. The molecule has 0 radical (unpaired) electrons. The lowest BCUT2D eigenvalue weighted by Crippen LogP contribution is -2.37. The molecule has 1 fully saturated rings. The fourth-order valence-corrected chi connectivity index (χ4v) is 2.86. The van der Waals surface area contributed by atoms with Crippen LogP contribution in [0.3, 0.4) is 0 Å². The van der Waals surface area contributed by atoms with E-state index in [9.17, 15) is 20.0 Å². The lowest BCUT2D eigenvalue weighted by molar-refractivity contribution is -0.385. The predicted molar refractivity (Wildman–Crippen MR) is 76.0 cm³/mol. The molecular formula is C13H16N2O4S. The number of rotatable bonds is 4. The van der Waals surface area contributed by atoms with Gasteiger partial charge < -0.3 is 10.0 Å². The number of amides is 1. The van der Waals surface area contributed by atoms with Gasteiger partial charge in [-0.05, 0) is 31.2 Å². The summed E-state index contributed by atoms with van der Waals surface area (Å²) in [6, 6.07) is 4.31. The molecule has 0 aliphatic carbocycles. The molecule has 0 aromatic heterocycles. The molecule has 1 aromatic rings. The van der Waals surface area contributed by atoms with Crippen LogP contribution in [-0.2, 0) is 0 Å². The third kappa shape index (κ3) is 2.78. The molecule has 1 aliphatic rings. The highest BCUT2D eigenvalue weighted by atomic mass is 32.2. The molecule has 1 aliphatic heterocycles. The zero-order valence-corrected chi connectivity index (χ0v) is 11.9. The van der Waals surface area contributed by atoms with Crippen LogP contribution >= 0.6 is 11.8 Å². The minimum absolute atomic E-state index is 0.0993. The quantitative estimate of drug-likeness (QED) is 0.521. The number of aliphatic hydroxyl groups is 1. The Morgan fingerprint density at radius 1 is 1.60 bits per heavy atom. The van der Waals surface area contributed by atoms with Crippen molar-refractivity contribution in [1.82, 2.24) is 4.90 Å². The van der Waals surface area contributed by atoms with Gasteiger partial charge in [0.05, 0.1) is 17.6 Å². The van der Waals surface area contributed by atoms with Crippen LogP contribution in [0.4, 0.5) is 5.69 Å². The van der Waals surface area contributed by atoms with Gasteiger partial charge in [0, 0.05) is 17.5 Å². The van der Waals surface area contributed by atoms with E-state index in [4.69, 9.17) is 0 Å². The van der Waals surface area contributed by atoms with Crippen molar-refractivity contribution in [3.8, 4) is 0 Å². The number of nitro groups is 1. The van der Waals surface area contributed by atoms with Gasteiger partial charge in [-0.15, -0.1) is 11.8 Å². The number of likely N-dealkylation sites (tertiary alicyclic amines) is 1. The van der Waals surface area contributed by atoms with Gasteiger partial charge >= 0.3 is 0 Å². The molecule has 7 heteroatoms. The van der Waals surface area contributed by atoms with Gasteiger partial charge in [-0.25, -0.2) is 0 Å². The van der Waals surface area contributed by atoms with Crippen molar-refractivity contribution in [3.05, 3.63) is 33.9 Å². The Morgan fingerprint density at radius 2 is 2.35 bits per heavy atom. The van der Waals surface area contributed by atoms with E-state index in [2.05, 4.69) is 0 Å². The first-order valence-corrected chi connectivity index (χ1v) is 7.55. The van der Waals surface area contributed by atoms with Crippen LogP contribution in [0.5, 0.6) is 0 Å². The van der Waals surface area contributed by atoms with E-state index in [-0.39, 0.29) is 29.8 Å². The van der Waals surface area contributed by atoms with Crippen molar-refractivity contribution < 1.29 is 14.8 Å². The second-order valence-corrected chi connectivity index (χ2v) is 5.50. The summed E-state index contributed by atoms with van der Waals surface area (Å²) in [4.78, 5) is 25.4. The zero-order chi connectivity index (χ0) is 14.7. The molecule has 1 amide bonds. The van der Waals surface area contributed by atoms with Crippen molar-refractivity contribution in [2.24, 2.45) is 0 Å². The summed E-state index contributed by atoms with van der Waals surface area (Å²) < 4.78 is 0. The maximum absolute atomic E-state index is 12.5. The van der Waals surface area contributed by atoms with Crippen LogP contribution in [0, 0.1) is 10.1 Å². The monoisotopic (exact) mass is 296 g/mol. The van der Waals surface area contributed by atoms with E-state index in [0.717, 1.165) is 17.7 Å². The molecule has 6 nitrogen and oxygen atoms in total. The molecule has 1 unspecified atom stereocenters. The van der Waals surface area contributed by atoms with Crippen molar-refractivity contribution in [1.29, 1.82) is 0 Å². The fraction of sp³-hybridized carbons (Fsp3) is 0.462. The number of nitrogens with zero attached hydrogens (tertiary/aromatic N) is 2. The van der Waals surface area contributed by atoms with Crippen LogP contribution in [0.2, 0.25) is 0 Å². The molecule has 1 N–H and O–H groups in total. The average Bonchev–Trinajstić information content (AvgIpc) is 2.94. The summed E-state index contributed by atoms with van der Waals surface area (Å²) in [5.41, 5.74) is -0.0846. The molecular weight excluding hydrogens is 280 g/mol. The molecule has 1 atom stereocenters. The number of thioether (sulfide) groups is 1. The number of carbonyl (C=O) groups is 1. The standard InChI is InChI=1S/C13H16N2O4S/c1-20-10-4-5-12(15(18)19)11(7-10)13(17)14-6-2-3-9(14)8-16/h4-5,7,9,16H,2-3,6,8H2,1H3. The molecule has 20 heavy (non-hydrogen) atoms. The molecule has 108 valence electrons. The second kappa shape index (κ2) is 6.23. The van der Waals surface area contributed by atoms with Gasteiger partial charge in [-0.1, -0.05) is 0 Å². The van der Waals surface area contributed by atoms with Gasteiger partial charge in [-0.2, -0.15) is 0 Å². The summed E-state index contributed by atoms with van der Waals surface area (Å²) in [5.74, 6) is -0.371. The number of nitro benzene ring substituents is 1. The minimum Gasteiger partial charge on any atom is -0.394 e. The predicted octanol–water partition coefficient (Wildman–Crippen LogP) is 1.91. The Kier molecular flexibility index (Phi) is 4.61. The highest BCUT2D eigenvalue weighted by Crippen LogP contribution is 2.28. The molecule has 0 saturated carbocycles. The van der Waals surface area contributed by atoms with Gasteiger partial charge in [0.25, 0.3) is 11.6 Å². The van der Waals surface area contributed by atoms with Gasteiger partial charge in [0.2, 0.25) is 0 Å². The lowest BCUT2D eigenvalue weighted by atomic mass is 10.1. The van der Waals surface area contributed by atoms with E-state index in [1.54, 1.807) is 12.1 Å². The van der Waals surface area contributed by atoms with Crippen LogP contribution in [0.1, 0.15) is 23.2 Å². The third-order valence-corrected chi connectivity index (χ3v) is 4.20. The summed E-state index contributed by atoms with van der Waals surface area (Å²) in [5, 5.41) is 20.4. The van der Waals surface area contributed by atoms with Crippen LogP contribution in [-0.4, -0.2) is 46.3 Å². The molecule has 2 rings (SSSR count). The first-order valence-electron chi connectivity index (χ1n) is 6.32. The third-order valence-electron chi connectivity index (χ3n) is 3.48. The SMILES string of the molecule is CSc1ccc([N+](=O)[O-])c(C(=O)N2CCCC2CO)c1. The topological polar surface area (TPSA) is 83.7 Å². The Bertz CT molecular complexity index is 535. The van der Waals surface area contributed by atoms with E-state index in [0.29, 0.717) is 6.54 Å². The number of carbonyl (C=O) groups excluding carboxylic acids is 1. The smallest absolute Gasteiger partial charge is 0.282 e. The first-order chi connectivity index (χ1) is 9.58. The summed E-state index contributed by atoms with van der Waals surface area (Å²) in [6.07, 6.45) is 3.40. The summed E-state index contributed by atoms with van der Waals surface area (Å²) >= 11 is 1.43. The van der Waals surface area contributed by atoms with Crippen molar-refractivity contribution in [3.63, 3.8) is 0 Å². The number of hydrogen-bond donors (Lipinski definition) is 1. The van der Waals surface area contributed by atoms with Gasteiger partial charge in [-0.3, -0.25) is 14.9 Å². The summed E-state index contributed by atoms with van der Waals surface area (Å²) in [7, 11) is 0. The minimum atomic E-state index is -0.540. The van der Waals surface area contributed by atoms with E-state index in [1.807, 2.05) is 6.26 Å². The highest BCUT2D eigenvalue weighted by Gasteiger charge is 2.32. The van der Waals surface area contributed by atoms with Crippen molar-refractivity contribution in [2.45, 2.75) is 23.8 Å². The number of hydrogen-bond acceptors (Lipinski definition) is 5. The number of aliphatic hydroxyl groups excluding tert-OH is 1. The number of benzene rings is 1. The molecule has 0 spiro atoms. The van der Waals surface area contributed by atoms with Gasteiger partial charge in [0.15, 0.2) is 0 Å². The van der Waals surface area contributed by atoms with E-state index >= 15 is 0 Å². The first kappa shape index (κ1) is 14.8. The van der Waals surface area contributed by atoms with E-state index < -0.39 is 4.92 Å². The van der Waals surface area contributed by atoms with E-state index in [1.165, 1.54) is 22.7 Å².